The summed E-state index contributed by atoms with van der Waals surface area (Å²) in [5.41, 5.74) is 16.5. The summed E-state index contributed by atoms with van der Waals surface area (Å²) in [6.07, 6.45) is 0. The molecule has 0 radical (unpaired) electrons. The van der Waals surface area contributed by atoms with Crippen LogP contribution in [0.5, 0.6) is 0 Å². The first-order valence-corrected chi connectivity index (χ1v) is 23.8. The van der Waals surface area contributed by atoms with E-state index in [2.05, 4.69) is 231 Å². The highest BCUT2D eigenvalue weighted by Gasteiger charge is 2.28. The van der Waals surface area contributed by atoms with Crippen LogP contribution in [0.2, 0.25) is 0 Å². The molecule has 0 saturated carbocycles. The Balaban J connectivity index is 1.13. The molecule has 3 heteroatoms. The summed E-state index contributed by atoms with van der Waals surface area (Å²) >= 11 is 0. The molecule has 0 fully saturated rings. The zero-order valence-electron chi connectivity index (χ0n) is 38.6. The van der Waals surface area contributed by atoms with Gasteiger partial charge in [-0.3, -0.25) is 0 Å². The Morgan fingerprint density at radius 3 is 1.58 bits per heavy atom. The molecular formula is C64H47N3. The van der Waals surface area contributed by atoms with E-state index in [0.717, 1.165) is 0 Å². The third-order valence-corrected chi connectivity index (χ3v) is 15.5. The molecular weight excluding hydrogens is 811 g/mol. The molecule has 0 aliphatic rings. The third-order valence-electron chi connectivity index (χ3n) is 15.5. The van der Waals surface area contributed by atoms with Crippen molar-refractivity contribution in [2.75, 3.05) is 0 Å². The van der Waals surface area contributed by atoms with Crippen molar-refractivity contribution < 1.29 is 0 Å². The summed E-state index contributed by atoms with van der Waals surface area (Å²) < 4.78 is 7.66. The highest BCUT2D eigenvalue weighted by atomic mass is 15.0. The first kappa shape index (κ1) is 37.4. The Labute approximate surface area is 387 Å². The smallest absolute Gasteiger partial charge is 0.0626 e. The largest absolute Gasteiger partial charge is 0.309 e. The maximum Gasteiger partial charge on any atom is 0.0626 e. The van der Waals surface area contributed by atoms with Gasteiger partial charge in [-0.2, -0.15) is 0 Å². The number of para-hydroxylation sites is 2. The van der Waals surface area contributed by atoms with Crippen LogP contribution in [0.3, 0.4) is 0 Å². The third kappa shape index (κ3) is 4.81. The predicted octanol–water partition coefficient (Wildman–Crippen LogP) is 17.7. The molecule has 0 atom stereocenters. The second-order valence-corrected chi connectivity index (χ2v) is 21.4. The van der Waals surface area contributed by atoms with Gasteiger partial charge in [0.2, 0.25) is 0 Å². The standard InChI is InChI=1S/C64H47N3/c1-63(2,3)39-25-27-55-52(31-39)59-43-21-13-11-17-37(43)28-48-46-35-57-47(34-56(46)66(55)62(48)59)50-32-40(64(4,5)6)33-51-49-29-36-16-10-12-20-42(36)58(61(49)67(57)60(50)51)38-24-26-54-45(30-38)44-22-14-15-23-53(44)65(54)41-18-8-7-9-19-41/h7-35H,1-6H3. The molecule has 0 aliphatic carbocycles. The fourth-order valence-electron chi connectivity index (χ4n) is 12.3. The van der Waals surface area contributed by atoms with E-state index in [1.165, 1.54) is 147 Å². The fraction of sp³-hybridized carbons (Fsp3) is 0.125. The average Bonchev–Trinajstić information content (AvgIpc) is 4.12. The van der Waals surface area contributed by atoms with E-state index in [1.807, 2.05) is 0 Å². The number of hydrogen-bond donors (Lipinski definition) is 0. The Kier molecular flexibility index (Phi) is 6.97. The van der Waals surface area contributed by atoms with Crippen molar-refractivity contribution in [1.82, 2.24) is 13.4 Å². The van der Waals surface area contributed by atoms with E-state index < -0.39 is 0 Å². The normalized spacial score (nSPS) is 13.2. The van der Waals surface area contributed by atoms with Crippen molar-refractivity contribution in [1.29, 1.82) is 0 Å². The van der Waals surface area contributed by atoms with Crippen LogP contribution in [0.1, 0.15) is 52.7 Å². The lowest BCUT2D eigenvalue weighted by molar-refractivity contribution is 0.591. The highest BCUT2D eigenvalue weighted by molar-refractivity contribution is 6.34. The molecule has 5 heterocycles. The maximum absolute atomic E-state index is 2.65. The van der Waals surface area contributed by atoms with E-state index in [1.54, 1.807) is 0 Å². The summed E-state index contributed by atoms with van der Waals surface area (Å²) in [5.74, 6) is 0. The van der Waals surface area contributed by atoms with Crippen molar-refractivity contribution in [3.8, 4) is 16.8 Å². The molecule has 0 saturated heterocycles. The molecule has 10 aromatic carbocycles. The van der Waals surface area contributed by atoms with Crippen molar-refractivity contribution in [3.63, 3.8) is 0 Å². The summed E-state index contributed by atoms with van der Waals surface area (Å²) in [6, 6.07) is 67.2. The van der Waals surface area contributed by atoms with E-state index in [4.69, 9.17) is 0 Å². The molecule has 0 amide bonds. The van der Waals surface area contributed by atoms with Crippen molar-refractivity contribution in [3.05, 3.63) is 187 Å². The lowest BCUT2D eigenvalue weighted by atomic mass is 9.85. The minimum atomic E-state index is -0.0554. The average molecular weight is 858 g/mol. The van der Waals surface area contributed by atoms with Crippen LogP contribution in [-0.2, 0) is 10.8 Å². The fourth-order valence-corrected chi connectivity index (χ4v) is 12.3. The van der Waals surface area contributed by atoms with Crippen molar-refractivity contribution in [2.45, 2.75) is 52.4 Å². The molecule has 0 N–H and O–H groups in total. The molecule has 0 bridgehead atoms. The second kappa shape index (κ2) is 12.5. The summed E-state index contributed by atoms with van der Waals surface area (Å²) in [4.78, 5) is 0. The van der Waals surface area contributed by atoms with Crippen LogP contribution in [0, 0.1) is 0 Å². The van der Waals surface area contributed by atoms with Crippen molar-refractivity contribution in [2.24, 2.45) is 0 Å². The van der Waals surface area contributed by atoms with Crippen LogP contribution in [0.4, 0.5) is 0 Å². The topological polar surface area (TPSA) is 13.8 Å². The van der Waals surface area contributed by atoms with Gasteiger partial charge in [0.25, 0.3) is 0 Å². The number of fused-ring (bicyclic) bond motifs is 18. The van der Waals surface area contributed by atoms with Gasteiger partial charge in [-0.05, 0) is 128 Å². The van der Waals surface area contributed by atoms with Gasteiger partial charge in [-0.1, -0.05) is 139 Å². The molecule has 15 aromatic rings. The predicted molar refractivity (Wildman–Crippen MR) is 288 cm³/mol. The van der Waals surface area contributed by atoms with E-state index in [0.29, 0.717) is 0 Å². The second-order valence-electron chi connectivity index (χ2n) is 21.4. The van der Waals surface area contributed by atoms with E-state index >= 15 is 0 Å². The molecule has 15 rings (SSSR count). The quantitative estimate of drug-likeness (QED) is 0.164. The zero-order chi connectivity index (χ0) is 44.8. The zero-order valence-corrected chi connectivity index (χ0v) is 38.6. The van der Waals surface area contributed by atoms with Crippen LogP contribution in [0.25, 0.3) is 136 Å². The van der Waals surface area contributed by atoms with E-state index in [9.17, 15) is 0 Å². The Morgan fingerprint density at radius 1 is 0.313 bits per heavy atom. The van der Waals surface area contributed by atoms with E-state index in [-0.39, 0.29) is 10.8 Å². The van der Waals surface area contributed by atoms with Crippen molar-refractivity contribution >= 4 is 120 Å². The molecule has 5 aromatic heterocycles. The number of aromatic nitrogens is 3. The Morgan fingerprint density at radius 2 is 0.851 bits per heavy atom. The monoisotopic (exact) mass is 857 g/mol. The number of benzene rings is 10. The van der Waals surface area contributed by atoms with Gasteiger partial charge in [0.15, 0.2) is 0 Å². The summed E-state index contributed by atoms with van der Waals surface area (Å²) in [7, 11) is 0. The van der Waals surface area contributed by atoms with Gasteiger partial charge in [0.05, 0.1) is 44.1 Å². The number of nitrogens with zero attached hydrogens (tertiary/aromatic N) is 3. The Hall–Kier alpha value is -7.88. The Bertz CT molecular complexity index is 4620. The first-order valence-electron chi connectivity index (χ1n) is 23.8. The lowest BCUT2D eigenvalue weighted by Gasteiger charge is -2.19. The van der Waals surface area contributed by atoms with Crippen LogP contribution < -0.4 is 0 Å². The molecule has 3 nitrogen and oxygen atoms in total. The number of hydrogen-bond acceptors (Lipinski definition) is 0. The SMILES string of the molecule is CC(C)(C)c1ccc2c(c1)c1c3ccccc3cc3c4cc5c(cc4n2c31)c1cc(C(C)(C)C)cc2c3cc4ccccc4c(-c4ccc6c(c4)c4ccccc4n6-c4ccccc4)c3n5c12. The first-order chi connectivity index (χ1) is 32.5. The highest BCUT2D eigenvalue weighted by Crippen LogP contribution is 2.50. The lowest BCUT2D eigenvalue weighted by Crippen LogP contribution is -2.10. The van der Waals surface area contributed by atoms with Gasteiger partial charge in [-0.15, -0.1) is 0 Å². The molecule has 0 aliphatic heterocycles. The van der Waals surface area contributed by atoms with Gasteiger partial charge in [0, 0.05) is 65.1 Å². The van der Waals surface area contributed by atoms with Crippen LogP contribution >= 0.6 is 0 Å². The maximum atomic E-state index is 2.65. The van der Waals surface area contributed by atoms with Gasteiger partial charge < -0.3 is 13.4 Å². The molecule has 318 valence electrons. The van der Waals surface area contributed by atoms with Gasteiger partial charge >= 0.3 is 0 Å². The minimum absolute atomic E-state index is 0.0372. The minimum Gasteiger partial charge on any atom is -0.309 e. The summed E-state index contributed by atoms with van der Waals surface area (Å²) in [6.45, 7) is 14.0. The number of rotatable bonds is 2. The van der Waals surface area contributed by atoms with Gasteiger partial charge in [0.1, 0.15) is 0 Å². The van der Waals surface area contributed by atoms with Gasteiger partial charge in [-0.25, -0.2) is 0 Å². The summed E-state index contributed by atoms with van der Waals surface area (Å²) in [5, 5.41) is 18.2. The van der Waals surface area contributed by atoms with Crippen LogP contribution in [-0.4, -0.2) is 13.4 Å². The molecule has 0 spiro atoms. The van der Waals surface area contributed by atoms with Crippen LogP contribution in [0.15, 0.2) is 176 Å². The molecule has 0 unspecified atom stereocenters. The molecule has 67 heavy (non-hydrogen) atoms.